The Kier molecular flexibility index (Phi) is 7.59. The van der Waals surface area contributed by atoms with Gasteiger partial charge in [0.25, 0.3) is 0 Å². The zero-order valence-electron chi connectivity index (χ0n) is 13.8. The molecular weight excluding hydrogens is 296 g/mol. The molecule has 0 radical (unpaired) electrons. The lowest BCUT2D eigenvalue weighted by atomic mass is 10.2. The SMILES string of the molecule is CCCNC(=O)CNC(=O)Nc1cc(NC(=O)CC)ccc1C. The van der Waals surface area contributed by atoms with Gasteiger partial charge in [-0.05, 0) is 31.0 Å². The van der Waals surface area contributed by atoms with E-state index in [0.717, 1.165) is 12.0 Å². The van der Waals surface area contributed by atoms with Gasteiger partial charge in [0, 0.05) is 24.3 Å². The molecule has 7 nitrogen and oxygen atoms in total. The maximum Gasteiger partial charge on any atom is 0.319 e. The molecule has 4 N–H and O–H groups in total. The standard InChI is InChI=1S/C16H24N4O3/c1-4-8-17-15(22)10-18-16(23)20-13-9-12(7-6-11(13)3)19-14(21)5-2/h6-7,9H,4-5,8,10H2,1-3H3,(H,17,22)(H,19,21)(H2,18,20,23). The third-order valence-electron chi connectivity index (χ3n) is 3.07. The van der Waals surface area contributed by atoms with Gasteiger partial charge in [0.05, 0.1) is 6.54 Å². The lowest BCUT2D eigenvalue weighted by Gasteiger charge is -2.12. The number of amides is 4. The van der Waals surface area contributed by atoms with E-state index in [1.807, 2.05) is 13.8 Å². The number of hydrogen-bond donors (Lipinski definition) is 4. The van der Waals surface area contributed by atoms with Gasteiger partial charge >= 0.3 is 6.03 Å². The Hall–Kier alpha value is -2.57. The first kappa shape index (κ1) is 18.5. The van der Waals surface area contributed by atoms with Gasteiger partial charge in [0.15, 0.2) is 0 Å². The van der Waals surface area contributed by atoms with Crippen molar-refractivity contribution < 1.29 is 14.4 Å². The van der Waals surface area contributed by atoms with Crippen LogP contribution in [-0.4, -0.2) is 30.9 Å². The number of urea groups is 1. The van der Waals surface area contributed by atoms with Crippen molar-refractivity contribution in [1.82, 2.24) is 10.6 Å². The molecule has 23 heavy (non-hydrogen) atoms. The first-order chi connectivity index (χ1) is 11.0. The van der Waals surface area contributed by atoms with Gasteiger partial charge in [-0.3, -0.25) is 9.59 Å². The average molecular weight is 320 g/mol. The van der Waals surface area contributed by atoms with Crippen LogP contribution in [0, 0.1) is 6.92 Å². The van der Waals surface area contributed by atoms with Crippen molar-refractivity contribution in [1.29, 1.82) is 0 Å². The van der Waals surface area contributed by atoms with Crippen molar-refractivity contribution in [3.8, 4) is 0 Å². The number of aryl methyl sites for hydroxylation is 1. The van der Waals surface area contributed by atoms with Crippen molar-refractivity contribution in [2.24, 2.45) is 0 Å². The molecule has 0 heterocycles. The molecule has 0 fully saturated rings. The topological polar surface area (TPSA) is 99.3 Å². The second-order valence-electron chi connectivity index (χ2n) is 5.09. The summed E-state index contributed by atoms with van der Waals surface area (Å²) in [5, 5.41) is 10.6. The van der Waals surface area contributed by atoms with Crippen LogP contribution in [0.2, 0.25) is 0 Å². The summed E-state index contributed by atoms with van der Waals surface area (Å²) in [4.78, 5) is 34.7. The summed E-state index contributed by atoms with van der Waals surface area (Å²) >= 11 is 0. The number of hydrogen-bond acceptors (Lipinski definition) is 3. The number of carbonyl (C=O) groups is 3. The fourth-order valence-electron chi connectivity index (χ4n) is 1.74. The molecular formula is C16H24N4O3. The Bertz CT molecular complexity index is 572. The minimum atomic E-state index is -0.473. The minimum absolute atomic E-state index is 0.0862. The third-order valence-corrected chi connectivity index (χ3v) is 3.07. The van der Waals surface area contributed by atoms with Crippen LogP contribution in [0.4, 0.5) is 16.2 Å². The second-order valence-corrected chi connectivity index (χ2v) is 5.09. The molecule has 0 bridgehead atoms. The van der Waals surface area contributed by atoms with Crippen molar-refractivity contribution in [2.75, 3.05) is 23.7 Å². The summed E-state index contributed by atoms with van der Waals surface area (Å²) < 4.78 is 0. The van der Waals surface area contributed by atoms with E-state index in [1.165, 1.54) is 0 Å². The summed E-state index contributed by atoms with van der Waals surface area (Å²) in [7, 11) is 0. The van der Waals surface area contributed by atoms with Crippen LogP contribution >= 0.6 is 0 Å². The van der Waals surface area contributed by atoms with Crippen LogP contribution in [0.15, 0.2) is 18.2 Å². The highest BCUT2D eigenvalue weighted by Crippen LogP contribution is 2.20. The highest BCUT2D eigenvalue weighted by Gasteiger charge is 2.08. The van der Waals surface area contributed by atoms with E-state index in [0.29, 0.717) is 24.3 Å². The van der Waals surface area contributed by atoms with E-state index >= 15 is 0 Å². The highest BCUT2D eigenvalue weighted by molar-refractivity contribution is 5.95. The smallest absolute Gasteiger partial charge is 0.319 e. The molecule has 0 aliphatic rings. The maximum absolute atomic E-state index is 11.8. The summed E-state index contributed by atoms with van der Waals surface area (Å²) in [6.07, 6.45) is 1.22. The van der Waals surface area contributed by atoms with Gasteiger partial charge < -0.3 is 21.3 Å². The van der Waals surface area contributed by atoms with E-state index in [1.54, 1.807) is 25.1 Å². The van der Waals surface area contributed by atoms with E-state index in [2.05, 4.69) is 21.3 Å². The third kappa shape index (κ3) is 6.82. The summed E-state index contributed by atoms with van der Waals surface area (Å²) in [5.74, 6) is -0.334. The predicted octanol–water partition coefficient (Wildman–Crippen LogP) is 1.99. The number of nitrogens with one attached hydrogen (secondary N) is 4. The zero-order chi connectivity index (χ0) is 17.2. The van der Waals surface area contributed by atoms with E-state index in [4.69, 9.17) is 0 Å². The lowest BCUT2D eigenvalue weighted by molar-refractivity contribution is -0.120. The van der Waals surface area contributed by atoms with Crippen LogP contribution < -0.4 is 21.3 Å². The first-order valence-corrected chi connectivity index (χ1v) is 7.68. The molecule has 0 unspecified atom stereocenters. The minimum Gasteiger partial charge on any atom is -0.355 e. The van der Waals surface area contributed by atoms with Crippen molar-refractivity contribution >= 4 is 29.2 Å². The molecule has 0 atom stereocenters. The predicted molar refractivity (Wildman–Crippen MR) is 90.4 cm³/mol. The largest absolute Gasteiger partial charge is 0.355 e. The van der Waals surface area contributed by atoms with E-state index in [9.17, 15) is 14.4 Å². The zero-order valence-corrected chi connectivity index (χ0v) is 13.8. The average Bonchev–Trinajstić information content (AvgIpc) is 2.53. The van der Waals surface area contributed by atoms with E-state index < -0.39 is 6.03 Å². The number of anilines is 2. The quantitative estimate of drug-likeness (QED) is 0.618. The second kappa shape index (κ2) is 9.45. The Morgan fingerprint density at radius 2 is 1.74 bits per heavy atom. The molecule has 1 rings (SSSR count). The first-order valence-electron chi connectivity index (χ1n) is 7.68. The summed E-state index contributed by atoms with van der Waals surface area (Å²) in [6, 6.07) is 4.78. The van der Waals surface area contributed by atoms with Crippen molar-refractivity contribution in [3.63, 3.8) is 0 Å². The van der Waals surface area contributed by atoms with E-state index in [-0.39, 0.29) is 18.4 Å². The van der Waals surface area contributed by atoms with Crippen LogP contribution in [0.1, 0.15) is 32.3 Å². The molecule has 0 saturated heterocycles. The Morgan fingerprint density at radius 3 is 2.39 bits per heavy atom. The lowest BCUT2D eigenvalue weighted by Crippen LogP contribution is -2.39. The molecule has 126 valence electrons. The maximum atomic E-state index is 11.8. The molecule has 4 amide bonds. The van der Waals surface area contributed by atoms with Crippen LogP contribution in [-0.2, 0) is 9.59 Å². The van der Waals surface area contributed by atoms with Crippen LogP contribution in [0.25, 0.3) is 0 Å². The molecule has 7 heteroatoms. The number of benzene rings is 1. The van der Waals surface area contributed by atoms with Crippen LogP contribution in [0.3, 0.4) is 0 Å². The molecule has 0 aliphatic carbocycles. The summed E-state index contributed by atoms with van der Waals surface area (Å²) in [5.41, 5.74) is 2.04. The monoisotopic (exact) mass is 320 g/mol. The molecule has 0 saturated carbocycles. The fraction of sp³-hybridized carbons (Fsp3) is 0.438. The normalized spacial score (nSPS) is 9.87. The molecule has 1 aromatic carbocycles. The van der Waals surface area contributed by atoms with Gasteiger partial charge in [0.2, 0.25) is 11.8 Å². The Balaban J connectivity index is 2.58. The van der Waals surface area contributed by atoms with Crippen LogP contribution in [0.5, 0.6) is 0 Å². The molecule has 0 aliphatic heterocycles. The molecule has 1 aromatic rings. The Morgan fingerprint density at radius 1 is 1.00 bits per heavy atom. The Labute approximate surface area is 136 Å². The van der Waals surface area contributed by atoms with Crippen molar-refractivity contribution in [2.45, 2.75) is 33.6 Å². The highest BCUT2D eigenvalue weighted by atomic mass is 16.2. The summed E-state index contributed by atoms with van der Waals surface area (Å²) in [6.45, 7) is 6.06. The molecule has 0 aromatic heterocycles. The number of rotatable bonds is 7. The fourth-order valence-corrected chi connectivity index (χ4v) is 1.74. The van der Waals surface area contributed by atoms with Gasteiger partial charge in [-0.25, -0.2) is 4.79 Å². The van der Waals surface area contributed by atoms with Gasteiger partial charge in [-0.2, -0.15) is 0 Å². The van der Waals surface area contributed by atoms with Crippen molar-refractivity contribution in [3.05, 3.63) is 23.8 Å². The van der Waals surface area contributed by atoms with Gasteiger partial charge in [0.1, 0.15) is 0 Å². The number of carbonyl (C=O) groups excluding carboxylic acids is 3. The van der Waals surface area contributed by atoms with Gasteiger partial charge in [-0.1, -0.05) is 19.9 Å². The molecule has 0 spiro atoms. The van der Waals surface area contributed by atoms with Gasteiger partial charge in [-0.15, -0.1) is 0 Å².